The highest BCUT2D eigenvalue weighted by Gasteiger charge is 2.14. The quantitative estimate of drug-likeness (QED) is 0.490. The highest BCUT2D eigenvalue weighted by atomic mass is 35.5. The third-order valence-corrected chi connectivity index (χ3v) is 3.86. The molecule has 0 bridgehead atoms. The molecule has 0 spiro atoms. The number of imidazole rings is 1. The predicted octanol–water partition coefficient (Wildman–Crippen LogP) is 4.00. The lowest BCUT2D eigenvalue weighted by Crippen LogP contribution is -1.88. The molecule has 0 atom stereocenters. The lowest BCUT2D eigenvalue weighted by Gasteiger charge is -2.10. The summed E-state index contributed by atoms with van der Waals surface area (Å²) < 4.78 is 1.87. The molecule has 0 saturated heterocycles. The molecule has 0 aliphatic carbocycles. The van der Waals surface area contributed by atoms with Crippen LogP contribution >= 0.6 is 11.6 Å². The second-order valence-electron chi connectivity index (χ2n) is 4.47. The van der Waals surface area contributed by atoms with Crippen LogP contribution in [0.3, 0.4) is 0 Å². The Morgan fingerprint density at radius 2 is 1.79 bits per heavy atom. The molecule has 0 aliphatic rings. The van der Waals surface area contributed by atoms with Crippen LogP contribution in [0.1, 0.15) is 0 Å². The molecule has 4 heteroatoms. The lowest BCUT2D eigenvalue weighted by molar-refractivity contribution is 0.488. The van der Waals surface area contributed by atoms with Gasteiger partial charge >= 0.3 is 0 Å². The topological polar surface area (TPSA) is 37.5 Å². The summed E-state index contributed by atoms with van der Waals surface area (Å²) in [6.45, 7) is 0. The summed E-state index contributed by atoms with van der Waals surface area (Å²) in [5.41, 5.74) is 0.711. The number of hydrogen-bond donors (Lipinski definition) is 1. The van der Waals surface area contributed by atoms with Crippen molar-refractivity contribution >= 4 is 38.8 Å². The second kappa shape index (κ2) is 3.62. The number of halogens is 1. The van der Waals surface area contributed by atoms with Crippen molar-refractivity contribution in [1.29, 1.82) is 0 Å². The first-order valence-corrected chi connectivity index (χ1v) is 6.30. The molecule has 0 radical (unpaired) electrons. The van der Waals surface area contributed by atoms with Crippen molar-refractivity contribution in [2.75, 3.05) is 0 Å². The molecule has 92 valence electrons. The summed E-state index contributed by atoms with van der Waals surface area (Å²) >= 11 is 6.47. The van der Waals surface area contributed by atoms with E-state index in [1.165, 1.54) is 0 Å². The van der Waals surface area contributed by atoms with E-state index < -0.39 is 0 Å². The van der Waals surface area contributed by atoms with Crippen molar-refractivity contribution in [3.8, 4) is 5.75 Å². The van der Waals surface area contributed by atoms with E-state index >= 15 is 0 Å². The van der Waals surface area contributed by atoms with Gasteiger partial charge in [-0.1, -0.05) is 35.9 Å². The van der Waals surface area contributed by atoms with Crippen LogP contribution in [0.5, 0.6) is 5.75 Å². The molecule has 4 rings (SSSR count). The van der Waals surface area contributed by atoms with Crippen molar-refractivity contribution in [1.82, 2.24) is 9.38 Å². The summed E-state index contributed by atoms with van der Waals surface area (Å²) in [6.07, 6.45) is 5.44. The zero-order chi connectivity index (χ0) is 13.0. The van der Waals surface area contributed by atoms with E-state index in [-0.39, 0.29) is 5.75 Å². The van der Waals surface area contributed by atoms with Crippen LogP contribution in [0.4, 0.5) is 0 Å². The summed E-state index contributed by atoms with van der Waals surface area (Å²) in [6, 6.07) is 9.47. The van der Waals surface area contributed by atoms with Crippen molar-refractivity contribution in [3.05, 3.63) is 53.9 Å². The van der Waals surface area contributed by atoms with Gasteiger partial charge in [0.25, 0.3) is 0 Å². The molecule has 4 aromatic rings. The molecule has 0 saturated carbocycles. The molecule has 2 heterocycles. The Labute approximate surface area is 113 Å². The maximum Gasteiger partial charge on any atom is 0.148 e. The summed E-state index contributed by atoms with van der Waals surface area (Å²) in [5, 5.41) is 14.3. The monoisotopic (exact) mass is 268 g/mol. The smallest absolute Gasteiger partial charge is 0.148 e. The van der Waals surface area contributed by atoms with Gasteiger partial charge < -0.3 is 9.51 Å². The molecule has 1 N–H and O–H groups in total. The number of hydrogen-bond acceptors (Lipinski definition) is 2. The lowest BCUT2D eigenvalue weighted by atomic mass is 10.0. The van der Waals surface area contributed by atoms with Crippen molar-refractivity contribution < 1.29 is 5.11 Å². The molecule has 0 amide bonds. The normalized spacial score (nSPS) is 11.6. The molecular formula is C15H9ClN2O. The zero-order valence-electron chi connectivity index (χ0n) is 9.84. The van der Waals surface area contributed by atoms with E-state index in [1.807, 2.05) is 47.1 Å². The van der Waals surface area contributed by atoms with Crippen molar-refractivity contribution in [3.63, 3.8) is 0 Å². The van der Waals surface area contributed by atoms with E-state index in [4.69, 9.17) is 11.6 Å². The maximum absolute atomic E-state index is 10.5. The Balaban J connectivity index is 2.40. The van der Waals surface area contributed by atoms with Gasteiger partial charge in [0.05, 0.1) is 10.4 Å². The Hall–Kier alpha value is -2.26. The number of benzene rings is 2. The fourth-order valence-electron chi connectivity index (χ4n) is 2.56. The molecule has 3 nitrogen and oxygen atoms in total. The average molecular weight is 269 g/mol. The molecule has 0 aliphatic heterocycles. The van der Waals surface area contributed by atoms with Crippen LogP contribution in [0.2, 0.25) is 5.02 Å². The number of aromatic hydroxyl groups is 1. The summed E-state index contributed by atoms with van der Waals surface area (Å²) in [7, 11) is 0. The first kappa shape index (κ1) is 10.6. The van der Waals surface area contributed by atoms with Crippen LogP contribution in [0.15, 0.2) is 48.9 Å². The van der Waals surface area contributed by atoms with Crippen molar-refractivity contribution in [2.45, 2.75) is 0 Å². The van der Waals surface area contributed by atoms with E-state index in [0.717, 1.165) is 16.2 Å². The van der Waals surface area contributed by atoms with Crippen LogP contribution < -0.4 is 0 Å². The fourth-order valence-corrected chi connectivity index (χ4v) is 2.89. The fraction of sp³-hybridized carbons (Fsp3) is 0. The van der Waals surface area contributed by atoms with Gasteiger partial charge in [0, 0.05) is 34.7 Å². The third-order valence-electron chi connectivity index (χ3n) is 3.46. The highest BCUT2D eigenvalue weighted by molar-refractivity contribution is 6.42. The van der Waals surface area contributed by atoms with Gasteiger partial charge in [0.15, 0.2) is 0 Å². The van der Waals surface area contributed by atoms with Gasteiger partial charge in [-0.2, -0.15) is 0 Å². The number of rotatable bonds is 0. The SMILES string of the molecule is Oc1c2ccccc2c(Cl)c2ccn3ccnc3c12. The third kappa shape index (κ3) is 1.30. The molecule has 0 unspecified atom stereocenters. The number of aromatic nitrogens is 2. The zero-order valence-corrected chi connectivity index (χ0v) is 10.6. The Morgan fingerprint density at radius 1 is 1.00 bits per heavy atom. The maximum atomic E-state index is 10.5. The van der Waals surface area contributed by atoms with Crippen LogP contribution in [-0.4, -0.2) is 14.5 Å². The number of nitrogens with zero attached hydrogens (tertiary/aromatic N) is 2. The predicted molar refractivity (Wildman–Crippen MR) is 76.9 cm³/mol. The van der Waals surface area contributed by atoms with Gasteiger partial charge in [-0.15, -0.1) is 0 Å². The van der Waals surface area contributed by atoms with Gasteiger partial charge in [0.1, 0.15) is 11.4 Å². The number of phenols is 1. The molecule has 19 heavy (non-hydrogen) atoms. The number of phenolic OH excluding ortho intramolecular Hbond substituents is 1. The van der Waals surface area contributed by atoms with Crippen LogP contribution in [-0.2, 0) is 0 Å². The number of pyridine rings is 1. The number of fused-ring (bicyclic) bond motifs is 4. The average Bonchev–Trinajstić information content (AvgIpc) is 2.92. The van der Waals surface area contributed by atoms with E-state index in [1.54, 1.807) is 6.20 Å². The Bertz CT molecular complexity index is 943. The Kier molecular flexibility index (Phi) is 2.03. The minimum atomic E-state index is 0.229. The first-order valence-electron chi connectivity index (χ1n) is 5.92. The minimum Gasteiger partial charge on any atom is -0.507 e. The van der Waals surface area contributed by atoms with Gasteiger partial charge in [-0.25, -0.2) is 4.98 Å². The largest absolute Gasteiger partial charge is 0.507 e. The van der Waals surface area contributed by atoms with Gasteiger partial charge in [-0.05, 0) is 6.07 Å². The highest BCUT2D eigenvalue weighted by Crippen LogP contribution is 2.41. The minimum absolute atomic E-state index is 0.229. The summed E-state index contributed by atoms with van der Waals surface area (Å²) in [4.78, 5) is 4.30. The van der Waals surface area contributed by atoms with Crippen LogP contribution in [0.25, 0.3) is 27.2 Å². The standard InChI is InChI=1S/C15H9ClN2O/c16-13-9-3-1-2-4-10(9)14(19)12-11(13)5-7-18-8-6-17-15(12)18/h1-8,19H. The molecular weight excluding hydrogens is 260 g/mol. The first-order chi connectivity index (χ1) is 9.27. The molecule has 0 fully saturated rings. The van der Waals surface area contributed by atoms with E-state index in [2.05, 4.69) is 4.98 Å². The van der Waals surface area contributed by atoms with E-state index in [9.17, 15) is 5.11 Å². The molecule has 2 aromatic heterocycles. The Morgan fingerprint density at radius 3 is 2.63 bits per heavy atom. The van der Waals surface area contributed by atoms with Gasteiger partial charge in [-0.3, -0.25) is 0 Å². The van der Waals surface area contributed by atoms with Crippen molar-refractivity contribution in [2.24, 2.45) is 0 Å². The van der Waals surface area contributed by atoms with Gasteiger partial charge in [0.2, 0.25) is 0 Å². The van der Waals surface area contributed by atoms with Crippen LogP contribution in [0, 0.1) is 0 Å². The second-order valence-corrected chi connectivity index (χ2v) is 4.85. The van der Waals surface area contributed by atoms with E-state index in [0.29, 0.717) is 16.1 Å². The molecule has 2 aromatic carbocycles. The summed E-state index contributed by atoms with van der Waals surface area (Å²) in [5.74, 6) is 0.229.